The van der Waals surface area contributed by atoms with Gasteiger partial charge in [-0.2, -0.15) is 0 Å². The first-order valence-electron chi connectivity index (χ1n) is 3.12. The number of hydrogen-bond donors (Lipinski definition) is 0. The Balaban J connectivity index is 4.14. The summed E-state index contributed by atoms with van der Waals surface area (Å²) in [5, 5.41) is 10.2. The topological polar surface area (TPSA) is 29.1 Å². The molecule has 0 aliphatic rings. The van der Waals surface area contributed by atoms with E-state index in [1.54, 1.807) is 0 Å². The Bertz CT molecular complexity index is 93.7. The summed E-state index contributed by atoms with van der Waals surface area (Å²) in [6, 6.07) is 0. The maximum absolute atomic E-state index is 10.2. The molecule has 3 heteroatoms. The Labute approximate surface area is 57.9 Å². The molecule has 0 fully saturated rings. The first-order valence-corrected chi connectivity index (χ1v) is 6.03. The zero-order chi connectivity index (χ0) is 7.71. The molecular formula is C6H15O2Si. The Morgan fingerprint density at radius 2 is 1.56 bits per heavy atom. The minimum Gasteiger partial charge on any atom is -0.254 e. The van der Waals surface area contributed by atoms with E-state index < -0.39 is 8.32 Å². The van der Waals surface area contributed by atoms with E-state index in [0.717, 1.165) is 0 Å². The zero-order valence-electron chi connectivity index (χ0n) is 6.82. The summed E-state index contributed by atoms with van der Waals surface area (Å²) >= 11 is 0. The molecule has 0 saturated carbocycles. The molecule has 1 radical (unpaired) electrons. The van der Waals surface area contributed by atoms with Gasteiger partial charge >= 0.3 is 0 Å². The van der Waals surface area contributed by atoms with E-state index in [9.17, 15) is 5.26 Å². The van der Waals surface area contributed by atoms with Crippen molar-refractivity contribution in [2.45, 2.75) is 38.9 Å². The van der Waals surface area contributed by atoms with Gasteiger partial charge in [0.15, 0.2) is 0 Å². The van der Waals surface area contributed by atoms with Crippen molar-refractivity contribution in [1.82, 2.24) is 0 Å². The highest BCUT2D eigenvalue weighted by atomic mass is 28.4. The van der Waals surface area contributed by atoms with Crippen LogP contribution in [0.3, 0.4) is 0 Å². The predicted molar refractivity (Wildman–Crippen MR) is 39.0 cm³/mol. The maximum atomic E-state index is 10.2. The third-order valence-corrected chi connectivity index (χ3v) is 6.04. The molecule has 55 valence electrons. The zero-order valence-corrected chi connectivity index (χ0v) is 7.82. The maximum Gasteiger partial charge on any atom is 0.242 e. The molecule has 0 aliphatic carbocycles. The lowest BCUT2D eigenvalue weighted by atomic mass is 10.2. The normalized spacial score (nSPS) is 14.0. The lowest BCUT2D eigenvalue weighted by Crippen LogP contribution is -2.39. The summed E-state index contributed by atoms with van der Waals surface area (Å²) in [4.78, 5) is 0. The second-order valence-electron chi connectivity index (χ2n) is 3.84. The van der Waals surface area contributed by atoms with Crippen LogP contribution in [0.1, 0.15) is 20.8 Å². The van der Waals surface area contributed by atoms with Crippen LogP contribution in [-0.2, 0) is 9.83 Å². The Kier molecular flexibility index (Phi) is 2.44. The van der Waals surface area contributed by atoms with Gasteiger partial charge in [0.1, 0.15) is 0 Å². The monoisotopic (exact) mass is 147 g/mol. The van der Waals surface area contributed by atoms with Gasteiger partial charge in [0.25, 0.3) is 0 Å². The predicted octanol–water partition coefficient (Wildman–Crippen LogP) is 2.35. The summed E-state index contributed by atoms with van der Waals surface area (Å²) in [5.41, 5.74) is 0. The smallest absolute Gasteiger partial charge is 0.242 e. The molecule has 0 aromatic heterocycles. The SMILES string of the molecule is CC(C)(C)[Si](C)(C)O[O]. The second-order valence-corrected chi connectivity index (χ2v) is 8.53. The standard InChI is InChI=1S/C6H15O2Si/c1-6(2,3)9(4,5)8-7/h1-5H3. The average Bonchev–Trinajstić information content (AvgIpc) is 1.64. The first kappa shape index (κ1) is 9.14. The van der Waals surface area contributed by atoms with Crippen molar-refractivity contribution in [3.8, 4) is 0 Å². The van der Waals surface area contributed by atoms with Crippen molar-refractivity contribution in [1.29, 1.82) is 0 Å². The van der Waals surface area contributed by atoms with Crippen LogP contribution in [-0.4, -0.2) is 8.32 Å². The van der Waals surface area contributed by atoms with Gasteiger partial charge in [-0.25, -0.2) is 0 Å². The van der Waals surface area contributed by atoms with Crippen molar-refractivity contribution in [3.63, 3.8) is 0 Å². The summed E-state index contributed by atoms with van der Waals surface area (Å²) < 4.78 is 4.19. The number of rotatable bonds is 1. The van der Waals surface area contributed by atoms with E-state index in [-0.39, 0.29) is 5.04 Å². The van der Waals surface area contributed by atoms with Crippen LogP contribution in [0.2, 0.25) is 18.1 Å². The van der Waals surface area contributed by atoms with E-state index >= 15 is 0 Å². The highest BCUT2D eigenvalue weighted by Gasteiger charge is 2.38. The van der Waals surface area contributed by atoms with Crippen LogP contribution >= 0.6 is 0 Å². The summed E-state index contributed by atoms with van der Waals surface area (Å²) in [5.74, 6) is 0. The largest absolute Gasteiger partial charge is 0.254 e. The second kappa shape index (κ2) is 2.40. The van der Waals surface area contributed by atoms with Crippen molar-refractivity contribution in [3.05, 3.63) is 0 Å². The van der Waals surface area contributed by atoms with Gasteiger partial charge in [0, 0.05) is 0 Å². The Morgan fingerprint density at radius 3 is 1.56 bits per heavy atom. The van der Waals surface area contributed by atoms with Gasteiger partial charge in [-0.05, 0) is 23.4 Å². The van der Waals surface area contributed by atoms with Gasteiger partial charge < -0.3 is 0 Å². The van der Waals surface area contributed by atoms with E-state index in [1.165, 1.54) is 0 Å². The Hall–Kier alpha value is 0.137. The number of hydrogen-bond acceptors (Lipinski definition) is 1. The molecule has 0 N–H and O–H groups in total. The third kappa shape index (κ3) is 2.08. The van der Waals surface area contributed by atoms with Gasteiger partial charge in [0.05, 0.1) is 0 Å². The van der Waals surface area contributed by atoms with E-state index in [4.69, 9.17) is 0 Å². The van der Waals surface area contributed by atoms with E-state index in [2.05, 4.69) is 4.58 Å². The molecule has 9 heavy (non-hydrogen) atoms. The molecule has 0 atom stereocenters. The quantitative estimate of drug-likeness (QED) is 0.318. The lowest BCUT2D eigenvalue weighted by Gasteiger charge is -2.31. The van der Waals surface area contributed by atoms with Crippen LogP contribution in [0.5, 0.6) is 0 Å². The van der Waals surface area contributed by atoms with Crippen LogP contribution in [0.4, 0.5) is 0 Å². The minimum absolute atomic E-state index is 0.0503. The lowest BCUT2D eigenvalue weighted by molar-refractivity contribution is -0.224. The van der Waals surface area contributed by atoms with E-state index in [0.29, 0.717) is 0 Å². The summed E-state index contributed by atoms with van der Waals surface area (Å²) in [6.07, 6.45) is 0. The van der Waals surface area contributed by atoms with Crippen molar-refractivity contribution >= 4 is 8.32 Å². The van der Waals surface area contributed by atoms with Gasteiger partial charge in [-0.15, -0.1) is 0 Å². The molecule has 0 heterocycles. The molecule has 0 rings (SSSR count). The summed E-state index contributed by atoms with van der Waals surface area (Å²) in [6.45, 7) is 9.98. The third-order valence-electron chi connectivity index (χ3n) is 2.01. The molecule has 0 saturated heterocycles. The molecule has 0 amide bonds. The highest BCUT2D eigenvalue weighted by molar-refractivity contribution is 6.73. The fraction of sp³-hybridized carbons (Fsp3) is 1.00. The molecule has 0 aromatic rings. The van der Waals surface area contributed by atoms with Gasteiger partial charge in [-0.3, -0.25) is 4.58 Å². The first-order chi connectivity index (χ1) is 3.81. The Morgan fingerprint density at radius 1 is 1.22 bits per heavy atom. The molecule has 0 spiro atoms. The van der Waals surface area contributed by atoms with Crippen molar-refractivity contribution in [2.24, 2.45) is 0 Å². The van der Waals surface area contributed by atoms with E-state index in [1.807, 2.05) is 33.9 Å². The van der Waals surface area contributed by atoms with Crippen LogP contribution in [0, 0.1) is 0 Å². The highest BCUT2D eigenvalue weighted by Crippen LogP contribution is 2.35. The minimum atomic E-state index is -1.93. The fourth-order valence-corrected chi connectivity index (χ4v) is 0.375. The van der Waals surface area contributed by atoms with Crippen LogP contribution < -0.4 is 0 Å². The van der Waals surface area contributed by atoms with Crippen LogP contribution in [0.15, 0.2) is 0 Å². The summed E-state index contributed by atoms with van der Waals surface area (Å²) in [7, 11) is -1.93. The average molecular weight is 147 g/mol. The van der Waals surface area contributed by atoms with Crippen molar-refractivity contribution in [2.75, 3.05) is 0 Å². The molecule has 0 aromatic carbocycles. The van der Waals surface area contributed by atoms with Gasteiger partial charge in [0.2, 0.25) is 8.32 Å². The van der Waals surface area contributed by atoms with Crippen LogP contribution in [0.25, 0.3) is 0 Å². The molecule has 2 nitrogen and oxygen atoms in total. The molecular weight excluding hydrogens is 132 g/mol. The molecule has 0 unspecified atom stereocenters. The fourth-order valence-electron chi connectivity index (χ4n) is 0.125. The van der Waals surface area contributed by atoms with Gasteiger partial charge in [-0.1, -0.05) is 20.8 Å². The van der Waals surface area contributed by atoms with Crippen molar-refractivity contribution < 1.29 is 9.83 Å². The molecule has 0 aliphatic heterocycles. The molecule has 0 bridgehead atoms.